The maximum absolute atomic E-state index is 13.1. The SMILES string of the molecule is O=C(CNC(=O)[C@H]1CCCN(S(=O)(=O)c2ccc(F)cc2)C1)Nc1nccs1. The zero-order valence-corrected chi connectivity index (χ0v) is 16.4. The monoisotopic (exact) mass is 426 g/mol. The van der Waals surface area contributed by atoms with Gasteiger partial charge in [-0.15, -0.1) is 11.3 Å². The van der Waals surface area contributed by atoms with Crippen LogP contribution in [0.4, 0.5) is 9.52 Å². The van der Waals surface area contributed by atoms with Crippen molar-refractivity contribution in [3.05, 3.63) is 41.7 Å². The first-order chi connectivity index (χ1) is 13.4. The molecule has 2 aromatic rings. The van der Waals surface area contributed by atoms with E-state index in [9.17, 15) is 22.4 Å². The fourth-order valence-electron chi connectivity index (χ4n) is 2.89. The van der Waals surface area contributed by atoms with Gasteiger partial charge in [0.25, 0.3) is 0 Å². The van der Waals surface area contributed by atoms with Gasteiger partial charge in [-0.3, -0.25) is 9.59 Å². The summed E-state index contributed by atoms with van der Waals surface area (Å²) < 4.78 is 39.7. The van der Waals surface area contributed by atoms with Crippen LogP contribution in [0.1, 0.15) is 12.8 Å². The topological polar surface area (TPSA) is 108 Å². The summed E-state index contributed by atoms with van der Waals surface area (Å²) in [5, 5.41) is 7.25. The average Bonchev–Trinajstić information content (AvgIpc) is 3.19. The molecule has 1 aliphatic rings. The Balaban J connectivity index is 1.57. The maximum Gasteiger partial charge on any atom is 0.245 e. The predicted molar refractivity (Wildman–Crippen MR) is 102 cm³/mol. The van der Waals surface area contributed by atoms with Crippen LogP contribution in [-0.2, 0) is 19.6 Å². The van der Waals surface area contributed by atoms with E-state index < -0.39 is 27.7 Å². The summed E-state index contributed by atoms with van der Waals surface area (Å²) in [6.45, 7) is 0.0767. The molecule has 0 radical (unpaired) electrons. The number of anilines is 1. The zero-order valence-electron chi connectivity index (χ0n) is 14.8. The molecular formula is C17H19FN4O4S2. The Morgan fingerprint density at radius 1 is 1.29 bits per heavy atom. The second kappa shape index (κ2) is 8.76. The first-order valence-corrected chi connectivity index (χ1v) is 10.9. The number of thiazole rings is 1. The Kier molecular flexibility index (Phi) is 6.37. The molecule has 1 saturated heterocycles. The van der Waals surface area contributed by atoms with Gasteiger partial charge in [0.1, 0.15) is 5.82 Å². The van der Waals surface area contributed by atoms with Gasteiger partial charge in [0, 0.05) is 24.7 Å². The van der Waals surface area contributed by atoms with Crippen molar-refractivity contribution in [1.29, 1.82) is 0 Å². The molecule has 28 heavy (non-hydrogen) atoms. The largest absolute Gasteiger partial charge is 0.347 e. The van der Waals surface area contributed by atoms with E-state index in [1.165, 1.54) is 27.8 Å². The molecule has 11 heteroatoms. The molecule has 2 N–H and O–H groups in total. The molecule has 0 saturated carbocycles. The number of hydrogen-bond acceptors (Lipinski definition) is 6. The summed E-state index contributed by atoms with van der Waals surface area (Å²) in [5.74, 6) is -1.87. The molecule has 3 rings (SSSR count). The number of amides is 2. The number of halogens is 1. The highest BCUT2D eigenvalue weighted by atomic mass is 32.2. The van der Waals surface area contributed by atoms with Crippen LogP contribution in [0, 0.1) is 11.7 Å². The number of benzene rings is 1. The minimum Gasteiger partial charge on any atom is -0.347 e. The van der Waals surface area contributed by atoms with Crippen molar-refractivity contribution in [3.8, 4) is 0 Å². The lowest BCUT2D eigenvalue weighted by atomic mass is 9.99. The highest BCUT2D eigenvalue weighted by Crippen LogP contribution is 2.24. The quantitative estimate of drug-likeness (QED) is 0.727. The molecule has 1 atom stereocenters. The third-order valence-corrected chi connectivity index (χ3v) is 6.88. The number of hydrogen-bond donors (Lipinski definition) is 2. The summed E-state index contributed by atoms with van der Waals surface area (Å²) in [6.07, 6.45) is 2.59. The van der Waals surface area contributed by atoms with Crippen LogP contribution in [0.2, 0.25) is 0 Å². The van der Waals surface area contributed by atoms with Gasteiger partial charge in [-0.1, -0.05) is 0 Å². The van der Waals surface area contributed by atoms with Gasteiger partial charge in [-0.25, -0.2) is 17.8 Å². The lowest BCUT2D eigenvalue weighted by Gasteiger charge is -2.31. The van der Waals surface area contributed by atoms with E-state index in [1.807, 2.05) is 0 Å². The molecule has 8 nitrogen and oxygen atoms in total. The number of nitrogens with one attached hydrogen (secondary N) is 2. The standard InChI is InChI=1S/C17H19FN4O4S2/c18-13-3-5-14(6-4-13)28(25,26)22-8-1-2-12(11-22)16(24)20-10-15(23)21-17-19-7-9-27-17/h3-7,9,12H,1-2,8,10-11H2,(H,20,24)(H,19,21,23)/t12-/m0/s1. The Labute approximate surface area is 165 Å². The second-order valence-electron chi connectivity index (χ2n) is 6.26. The van der Waals surface area contributed by atoms with Gasteiger partial charge in [-0.05, 0) is 37.1 Å². The molecule has 0 spiro atoms. The van der Waals surface area contributed by atoms with Crippen molar-refractivity contribution < 1.29 is 22.4 Å². The van der Waals surface area contributed by atoms with Gasteiger partial charge in [0.05, 0.1) is 17.4 Å². The van der Waals surface area contributed by atoms with Crippen LogP contribution < -0.4 is 10.6 Å². The van der Waals surface area contributed by atoms with E-state index in [-0.39, 0.29) is 30.4 Å². The van der Waals surface area contributed by atoms with Gasteiger partial charge in [0.2, 0.25) is 21.8 Å². The molecule has 1 fully saturated rings. The molecule has 1 aliphatic heterocycles. The van der Waals surface area contributed by atoms with Gasteiger partial charge < -0.3 is 10.6 Å². The lowest BCUT2D eigenvalue weighted by molar-refractivity contribution is -0.128. The molecule has 1 aromatic carbocycles. The predicted octanol–water partition coefficient (Wildman–Crippen LogP) is 1.44. The van der Waals surface area contributed by atoms with Crippen molar-refractivity contribution in [2.24, 2.45) is 5.92 Å². The number of carbonyl (C=O) groups excluding carboxylic acids is 2. The van der Waals surface area contributed by atoms with Gasteiger partial charge in [-0.2, -0.15) is 4.31 Å². The van der Waals surface area contributed by atoms with Crippen LogP contribution in [0.5, 0.6) is 0 Å². The number of piperidine rings is 1. The second-order valence-corrected chi connectivity index (χ2v) is 9.09. The van der Waals surface area contributed by atoms with Crippen molar-refractivity contribution in [2.75, 3.05) is 25.0 Å². The molecule has 0 aliphatic carbocycles. The summed E-state index contributed by atoms with van der Waals surface area (Å²) >= 11 is 1.26. The molecule has 0 bridgehead atoms. The van der Waals surface area contributed by atoms with Crippen molar-refractivity contribution in [1.82, 2.24) is 14.6 Å². The number of aromatic nitrogens is 1. The Morgan fingerprint density at radius 3 is 2.71 bits per heavy atom. The van der Waals surface area contributed by atoms with Crippen molar-refractivity contribution >= 4 is 38.3 Å². The summed E-state index contributed by atoms with van der Waals surface area (Å²) in [7, 11) is -3.81. The van der Waals surface area contributed by atoms with E-state index in [0.717, 1.165) is 12.1 Å². The lowest BCUT2D eigenvalue weighted by Crippen LogP contribution is -2.46. The van der Waals surface area contributed by atoms with E-state index >= 15 is 0 Å². The van der Waals surface area contributed by atoms with Crippen LogP contribution in [0.3, 0.4) is 0 Å². The highest BCUT2D eigenvalue weighted by molar-refractivity contribution is 7.89. The first kappa shape index (κ1) is 20.4. The van der Waals surface area contributed by atoms with E-state index in [0.29, 0.717) is 18.0 Å². The molecule has 150 valence electrons. The third kappa shape index (κ3) is 4.91. The van der Waals surface area contributed by atoms with Gasteiger partial charge >= 0.3 is 0 Å². The maximum atomic E-state index is 13.1. The number of sulfonamides is 1. The van der Waals surface area contributed by atoms with E-state index in [4.69, 9.17) is 0 Å². The summed E-state index contributed by atoms with van der Waals surface area (Å²) in [5.41, 5.74) is 0. The molecular weight excluding hydrogens is 407 g/mol. The minimum absolute atomic E-state index is 0.0135. The number of rotatable bonds is 6. The van der Waals surface area contributed by atoms with Crippen LogP contribution >= 0.6 is 11.3 Å². The van der Waals surface area contributed by atoms with Gasteiger partial charge in [0.15, 0.2) is 5.13 Å². The summed E-state index contributed by atoms with van der Waals surface area (Å²) in [6, 6.07) is 4.58. The Hall–Kier alpha value is -2.37. The average molecular weight is 426 g/mol. The van der Waals surface area contributed by atoms with Crippen LogP contribution in [0.15, 0.2) is 40.7 Å². The van der Waals surface area contributed by atoms with Crippen LogP contribution in [0.25, 0.3) is 0 Å². The molecule has 1 aromatic heterocycles. The normalized spacial score (nSPS) is 17.8. The van der Waals surface area contributed by atoms with Crippen molar-refractivity contribution in [3.63, 3.8) is 0 Å². The summed E-state index contributed by atoms with van der Waals surface area (Å²) in [4.78, 5) is 28.1. The molecule has 2 heterocycles. The van der Waals surface area contributed by atoms with Crippen molar-refractivity contribution in [2.45, 2.75) is 17.7 Å². The zero-order chi connectivity index (χ0) is 20.1. The fraction of sp³-hybridized carbons (Fsp3) is 0.353. The minimum atomic E-state index is -3.81. The fourth-order valence-corrected chi connectivity index (χ4v) is 4.96. The molecule has 2 amide bonds. The smallest absolute Gasteiger partial charge is 0.245 e. The van der Waals surface area contributed by atoms with Crippen LogP contribution in [-0.4, -0.2) is 49.2 Å². The highest BCUT2D eigenvalue weighted by Gasteiger charge is 2.33. The number of carbonyl (C=O) groups is 2. The number of nitrogens with zero attached hydrogens (tertiary/aromatic N) is 2. The Bertz CT molecular complexity index is 933. The van der Waals surface area contributed by atoms with E-state index in [1.54, 1.807) is 11.6 Å². The Morgan fingerprint density at radius 2 is 2.04 bits per heavy atom. The third-order valence-electron chi connectivity index (χ3n) is 4.31. The first-order valence-electron chi connectivity index (χ1n) is 8.59. The van der Waals surface area contributed by atoms with E-state index in [2.05, 4.69) is 15.6 Å². The molecule has 0 unspecified atom stereocenters.